The highest BCUT2D eigenvalue weighted by molar-refractivity contribution is 5.86. The Labute approximate surface area is 283 Å². The van der Waals surface area contributed by atoms with E-state index in [2.05, 4.69) is 98.8 Å². The quantitative estimate of drug-likeness (QED) is 0.0811. The molecule has 0 saturated carbocycles. The molecule has 1 aliphatic carbocycles. The van der Waals surface area contributed by atoms with Crippen LogP contribution in [0.1, 0.15) is 138 Å². The Morgan fingerprint density at radius 1 is 0.468 bits per heavy atom. The number of hydrogen-bond acceptors (Lipinski definition) is 2. The predicted molar refractivity (Wildman–Crippen MR) is 197 cm³/mol. The van der Waals surface area contributed by atoms with Crippen LogP contribution in [0, 0.1) is 0 Å². The number of epoxide rings is 2. The Kier molecular flexibility index (Phi) is 10.3. The zero-order valence-electron chi connectivity index (χ0n) is 28.9. The summed E-state index contributed by atoms with van der Waals surface area (Å²) >= 11 is 0. The van der Waals surface area contributed by atoms with E-state index in [1.165, 1.54) is 134 Å². The monoisotopic (exact) mass is 626 g/mol. The minimum atomic E-state index is 0.0514. The largest absolute Gasteiger partial charge is 0.368 e. The van der Waals surface area contributed by atoms with Crippen LogP contribution < -0.4 is 0 Å². The van der Waals surface area contributed by atoms with Gasteiger partial charge in [-0.3, -0.25) is 0 Å². The van der Waals surface area contributed by atoms with Crippen LogP contribution in [-0.2, 0) is 14.9 Å². The fraction of sp³-hybridized carbons (Fsp3) is 0.467. The molecule has 0 spiro atoms. The predicted octanol–water partition coefficient (Wildman–Crippen LogP) is 12.9. The molecule has 4 aromatic rings. The molecule has 2 heteroatoms. The van der Waals surface area contributed by atoms with Gasteiger partial charge in [-0.15, -0.1) is 0 Å². The third-order valence-electron chi connectivity index (χ3n) is 11.2. The summed E-state index contributed by atoms with van der Waals surface area (Å²) < 4.78 is 11.1. The molecule has 2 nitrogen and oxygen atoms in total. The summed E-state index contributed by atoms with van der Waals surface area (Å²) in [5.41, 5.74) is 14.0. The molecule has 4 aromatic carbocycles. The molecular formula is C45H54O2. The van der Waals surface area contributed by atoms with Crippen molar-refractivity contribution >= 4 is 0 Å². The molecule has 0 bridgehead atoms. The number of fused-ring (bicyclic) bond motifs is 3. The van der Waals surface area contributed by atoms with Crippen LogP contribution in [0.5, 0.6) is 0 Å². The summed E-state index contributed by atoms with van der Waals surface area (Å²) in [7, 11) is 0. The molecule has 2 aliphatic heterocycles. The van der Waals surface area contributed by atoms with E-state index in [1.54, 1.807) is 11.1 Å². The van der Waals surface area contributed by atoms with E-state index in [-0.39, 0.29) is 5.41 Å². The molecule has 2 heterocycles. The summed E-state index contributed by atoms with van der Waals surface area (Å²) in [4.78, 5) is 0. The standard InChI is InChI=1S/C45H54O2/c1-3-5-7-9-11-13-27-45(28-14-12-10-8-6-4-2)41-29-37(33-15-19-35(20-16-33)43-31-46-43)23-25-39(41)40-26-24-38(30-42(40)45)34-17-21-36(22-18-34)44-32-47-44/h15-26,29-30,43-44H,3-14,27-28,31-32H2,1-2H3. The lowest BCUT2D eigenvalue weighted by atomic mass is 9.70. The topological polar surface area (TPSA) is 25.1 Å². The Balaban J connectivity index is 1.25. The van der Waals surface area contributed by atoms with Gasteiger partial charge in [0.05, 0.1) is 13.2 Å². The Morgan fingerprint density at radius 2 is 0.830 bits per heavy atom. The van der Waals surface area contributed by atoms with Crippen LogP contribution in [0.2, 0.25) is 0 Å². The highest BCUT2D eigenvalue weighted by atomic mass is 16.6. The highest BCUT2D eigenvalue weighted by Gasteiger charge is 2.42. The van der Waals surface area contributed by atoms with Crippen molar-refractivity contribution in [2.45, 2.75) is 121 Å². The first-order valence-corrected chi connectivity index (χ1v) is 18.9. The number of ether oxygens (including phenoxy) is 2. The minimum Gasteiger partial charge on any atom is -0.368 e. The van der Waals surface area contributed by atoms with Crippen molar-refractivity contribution in [1.29, 1.82) is 0 Å². The van der Waals surface area contributed by atoms with Gasteiger partial charge in [0.1, 0.15) is 12.2 Å². The lowest BCUT2D eigenvalue weighted by Crippen LogP contribution is -2.25. The van der Waals surface area contributed by atoms with E-state index in [1.807, 2.05) is 0 Å². The summed E-state index contributed by atoms with van der Waals surface area (Å²) in [6.45, 7) is 6.35. The molecule has 0 N–H and O–H groups in total. The number of hydrogen-bond donors (Lipinski definition) is 0. The second-order valence-electron chi connectivity index (χ2n) is 14.5. The average Bonchev–Trinajstić information content (AvgIpc) is 4.05. The molecule has 2 fully saturated rings. The summed E-state index contributed by atoms with van der Waals surface area (Å²) in [6, 6.07) is 33.0. The number of unbranched alkanes of at least 4 members (excludes halogenated alkanes) is 10. The van der Waals surface area contributed by atoms with Gasteiger partial charge in [0.15, 0.2) is 0 Å². The molecule has 2 unspecified atom stereocenters. The number of rotatable bonds is 18. The summed E-state index contributed by atoms with van der Waals surface area (Å²) in [5.74, 6) is 0. The molecule has 0 aromatic heterocycles. The van der Waals surface area contributed by atoms with Crippen LogP contribution in [0.15, 0.2) is 84.9 Å². The lowest BCUT2D eigenvalue weighted by molar-refractivity contribution is 0.398. The molecule has 2 atom stereocenters. The molecule has 0 amide bonds. The highest BCUT2D eigenvalue weighted by Crippen LogP contribution is 2.56. The molecule has 3 aliphatic rings. The van der Waals surface area contributed by atoms with Crippen molar-refractivity contribution in [3.05, 3.63) is 107 Å². The molecular weight excluding hydrogens is 572 g/mol. The summed E-state index contributed by atoms with van der Waals surface area (Å²) in [5, 5.41) is 0. The first-order chi connectivity index (χ1) is 23.2. The third-order valence-corrected chi connectivity index (χ3v) is 11.2. The Bertz CT molecular complexity index is 1480. The van der Waals surface area contributed by atoms with E-state index >= 15 is 0 Å². The van der Waals surface area contributed by atoms with Gasteiger partial charge in [0.25, 0.3) is 0 Å². The second-order valence-corrected chi connectivity index (χ2v) is 14.5. The maximum atomic E-state index is 5.56. The Hall–Kier alpha value is -3.20. The number of benzene rings is 4. The van der Waals surface area contributed by atoms with E-state index < -0.39 is 0 Å². The van der Waals surface area contributed by atoms with E-state index in [4.69, 9.17) is 9.47 Å². The molecule has 0 radical (unpaired) electrons. The molecule has 47 heavy (non-hydrogen) atoms. The van der Waals surface area contributed by atoms with Gasteiger partial charge in [-0.1, -0.05) is 164 Å². The first kappa shape index (κ1) is 32.4. The molecule has 246 valence electrons. The third kappa shape index (κ3) is 7.30. The first-order valence-electron chi connectivity index (χ1n) is 18.9. The van der Waals surface area contributed by atoms with E-state index in [0.29, 0.717) is 12.2 Å². The van der Waals surface area contributed by atoms with Gasteiger partial charge in [0, 0.05) is 5.41 Å². The van der Waals surface area contributed by atoms with Crippen molar-refractivity contribution in [3.8, 4) is 33.4 Å². The van der Waals surface area contributed by atoms with Crippen molar-refractivity contribution in [2.75, 3.05) is 13.2 Å². The zero-order chi connectivity index (χ0) is 32.1. The van der Waals surface area contributed by atoms with Crippen LogP contribution in [0.3, 0.4) is 0 Å². The van der Waals surface area contributed by atoms with Crippen LogP contribution in [0.4, 0.5) is 0 Å². The van der Waals surface area contributed by atoms with Crippen molar-refractivity contribution in [1.82, 2.24) is 0 Å². The van der Waals surface area contributed by atoms with Gasteiger partial charge in [-0.2, -0.15) is 0 Å². The second kappa shape index (κ2) is 14.9. The van der Waals surface area contributed by atoms with E-state index in [9.17, 15) is 0 Å². The SMILES string of the molecule is CCCCCCCCC1(CCCCCCCC)c2cc(-c3ccc(C4CO4)cc3)ccc2-c2ccc(-c3ccc(C4CO4)cc3)cc21. The molecule has 7 rings (SSSR count). The average molecular weight is 627 g/mol. The van der Waals surface area contributed by atoms with Gasteiger partial charge in [-0.05, 0) is 80.6 Å². The Morgan fingerprint density at radius 3 is 1.21 bits per heavy atom. The fourth-order valence-electron chi connectivity index (χ4n) is 8.19. The zero-order valence-corrected chi connectivity index (χ0v) is 28.9. The smallest absolute Gasteiger partial charge is 0.106 e. The van der Waals surface area contributed by atoms with Crippen molar-refractivity contribution in [2.24, 2.45) is 0 Å². The van der Waals surface area contributed by atoms with E-state index in [0.717, 1.165) is 13.2 Å². The molecule has 2 saturated heterocycles. The maximum Gasteiger partial charge on any atom is 0.106 e. The van der Waals surface area contributed by atoms with Gasteiger partial charge < -0.3 is 9.47 Å². The normalized spacial score (nSPS) is 18.6. The summed E-state index contributed by atoms with van der Waals surface area (Å²) in [6.07, 6.45) is 19.1. The lowest BCUT2D eigenvalue weighted by Gasteiger charge is -2.33. The van der Waals surface area contributed by atoms with Gasteiger partial charge >= 0.3 is 0 Å². The van der Waals surface area contributed by atoms with Gasteiger partial charge in [0.2, 0.25) is 0 Å². The van der Waals surface area contributed by atoms with Crippen LogP contribution in [0.25, 0.3) is 33.4 Å². The van der Waals surface area contributed by atoms with Gasteiger partial charge in [-0.25, -0.2) is 0 Å². The van der Waals surface area contributed by atoms with Crippen LogP contribution >= 0.6 is 0 Å². The maximum absolute atomic E-state index is 5.56. The van der Waals surface area contributed by atoms with Crippen LogP contribution in [-0.4, -0.2) is 13.2 Å². The minimum absolute atomic E-state index is 0.0514. The van der Waals surface area contributed by atoms with Crippen molar-refractivity contribution in [3.63, 3.8) is 0 Å². The fourth-order valence-corrected chi connectivity index (χ4v) is 8.19. The van der Waals surface area contributed by atoms with Crippen molar-refractivity contribution < 1.29 is 9.47 Å².